The van der Waals surface area contributed by atoms with Crippen molar-refractivity contribution in [1.29, 1.82) is 0 Å². The number of hydrogen-bond donors (Lipinski definition) is 3. The first kappa shape index (κ1) is 10.8. The Balaban J connectivity index is 2.17. The van der Waals surface area contributed by atoms with Crippen LogP contribution in [0.25, 0.3) is 0 Å². The highest BCUT2D eigenvalue weighted by atomic mass is 32.1. The highest BCUT2D eigenvalue weighted by Crippen LogP contribution is 2.30. The lowest BCUT2D eigenvalue weighted by Gasteiger charge is -2.14. The SMILES string of the molecule is CC(Nc1nccs1)c1ccc(O)cc1O. The van der Waals surface area contributed by atoms with Gasteiger partial charge in [0.15, 0.2) is 5.13 Å². The summed E-state index contributed by atoms with van der Waals surface area (Å²) in [6, 6.07) is 4.51. The number of benzene rings is 1. The Morgan fingerprint density at radius 3 is 2.81 bits per heavy atom. The maximum Gasteiger partial charge on any atom is 0.183 e. The Kier molecular flexibility index (Phi) is 2.96. The molecule has 0 aliphatic rings. The zero-order valence-electron chi connectivity index (χ0n) is 8.71. The van der Waals surface area contributed by atoms with Gasteiger partial charge in [-0.2, -0.15) is 0 Å². The van der Waals surface area contributed by atoms with Crippen molar-refractivity contribution in [2.24, 2.45) is 0 Å². The van der Waals surface area contributed by atoms with Crippen molar-refractivity contribution in [2.45, 2.75) is 13.0 Å². The molecule has 1 unspecified atom stereocenters. The second-order valence-electron chi connectivity index (χ2n) is 3.45. The minimum Gasteiger partial charge on any atom is -0.508 e. The van der Waals surface area contributed by atoms with Crippen LogP contribution in [0.15, 0.2) is 29.8 Å². The van der Waals surface area contributed by atoms with Crippen LogP contribution in [-0.2, 0) is 0 Å². The van der Waals surface area contributed by atoms with E-state index in [0.29, 0.717) is 0 Å². The predicted molar refractivity (Wildman–Crippen MR) is 63.9 cm³/mol. The molecule has 3 N–H and O–H groups in total. The average molecular weight is 236 g/mol. The van der Waals surface area contributed by atoms with Gasteiger partial charge >= 0.3 is 0 Å². The molecule has 0 amide bonds. The predicted octanol–water partition coefficient (Wildman–Crippen LogP) is 2.73. The largest absolute Gasteiger partial charge is 0.508 e. The van der Waals surface area contributed by atoms with Gasteiger partial charge in [0.05, 0.1) is 6.04 Å². The number of nitrogens with zero attached hydrogens (tertiary/aromatic N) is 1. The third-order valence-electron chi connectivity index (χ3n) is 2.25. The molecule has 2 rings (SSSR count). The van der Waals surface area contributed by atoms with Crippen molar-refractivity contribution in [3.05, 3.63) is 35.3 Å². The highest BCUT2D eigenvalue weighted by molar-refractivity contribution is 7.13. The molecule has 4 nitrogen and oxygen atoms in total. The van der Waals surface area contributed by atoms with E-state index in [1.165, 1.54) is 17.4 Å². The Hall–Kier alpha value is -1.75. The second-order valence-corrected chi connectivity index (χ2v) is 4.34. The average Bonchev–Trinajstić information content (AvgIpc) is 2.70. The molecule has 0 fully saturated rings. The number of rotatable bonds is 3. The van der Waals surface area contributed by atoms with Crippen molar-refractivity contribution in [1.82, 2.24) is 4.98 Å². The fourth-order valence-corrected chi connectivity index (χ4v) is 2.07. The molecule has 1 heterocycles. The fourth-order valence-electron chi connectivity index (χ4n) is 1.46. The van der Waals surface area contributed by atoms with Gasteiger partial charge in [0.25, 0.3) is 0 Å². The molecule has 0 saturated heterocycles. The first-order valence-corrected chi connectivity index (χ1v) is 5.72. The van der Waals surface area contributed by atoms with Crippen LogP contribution < -0.4 is 5.32 Å². The Bertz CT molecular complexity index is 471. The number of aromatic nitrogens is 1. The summed E-state index contributed by atoms with van der Waals surface area (Å²) in [4.78, 5) is 4.11. The molecule has 84 valence electrons. The lowest BCUT2D eigenvalue weighted by atomic mass is 10.1. The lowest BCUT2D eigenvalue weighted by Crippen LogP contribution is -2.06. The molecule has 1 aromatic heterocycles. The van der Waals surface area contributed by atoms with Gasteiger partial charge in [0, 0.05) is 23.2 Å². The molecule has 0 aliphatic carbocycles. The lowest BCUT2D eigenvalue weighted by molar-refractivity contribution is 0.444. The molecule has 1 aromatic carbocycles. The fraction of sp³-hybridized carbons (Fsp3) is 0.182. The standard InChI is InChI=1S/C11H12N2O2S/c1-7(13-11-12-4-5-16-11)9-3-2-8(14)6-10(9)15/h2-7,14-15H,1H3,(H,12,13). The highest BCUT2D eigenvalue weighted by Gasteiger charge is 2.11. The van der Waals surface area contributed by atoms with E-state index in [2.05, 4.69) is 10.3 Å². The molecule has 0 saturated carbocycles. The Labute approximate surface area is 97.2 Å². The normalized spacial score (nSPS) is 12.3. The molecule has 0 radical (unpaired) electrons. The van der Waals surface area contributed by atoms with E-state index in [-0.39, 0.29) is 17.5 Å². The van der Waals surface area contributed by atoms with Crippen LogP contribution in [-0.4, -0.2) is 15.2 Å². The first-order valence-electron chi connectivity index (χ1n) is 4.84. The molecule has 0 bridgehead atoms. The summed E-state index contributed by atoms with van der Waals surface area (Å²) in [5.41, 5.74) is 0.730. The summed E-state index contributed by atoms with van der Waals surface area (Å²) < 4.78 is 0. The number of hydrogen-bond acceptors (Lipinski definition) is 5. The number of phenolic OH excluding ortho intramolecular Hbond substituents is 2. The summed E-state index contributed by atoms with van der Waals surface area (Å²) in [6.45, 7) is 1.92. The molecule has 5 heteroatoms. The van der Waals surface area contributed by atoms with Gasteiger partial charge in [-0.15, -0.1) is 11.3 Å². The minimum atomic E-state index is -0.0632. The van der Waals surface area contributed by atoms with Gasteiger partial charge in [-0.3, -0.25) is 0 Å². The zero-order chi connectivity index (χ0) is 11.5. The van der Waals surface area contributed by atoms with Crippen LogP contribution in [0, 0.1) is 0 Å². The minimum absolute atomic E-state index is 0.0581. The van der Waals surface area contributed by atoms with Gasteiger partial charge < -0.3 is 15.5 Å². The monoisotopic (exact) mass is 236 g/mol. The van der Waals surface area contributed by atoms with Crippen LogP contribution in [0.2, 0.25) is 0 Å². The van der Waals surface area contributed by atoms with Crippen molar-refractivity contribution in [2.75, 3.05) is 5.32 Å². The summed E-state index contributed by atoms with van der Waals surface area (Å²) in [6.07, 6.45) is 1.72. The first-order chi connectivity index (χ1) is 7.66. The van der Waals surface area contributed by atoms with E-state index >= 15 is 0 Å². The van der Waals surface area contributed by atoms with E-state index < -0.39 is 0 Å². The second kappa shape index (κ2) is 4.40. The molecular weight excluding hydrogens is 224 g/mol. The van der Waals surface area contributed by atoms with Crippen LogP contribution in [0.3, 0.4) is 0 Å². The van der Waals surface area contributed by atoms with Crippen molar-refractivity contribution >= 4 is 16.5 Å². The molecule has 0 aliphatic heterocycles. The van der Waals surface area contributed by atoms with E-state index in [9.17, 15) is 10.2 Å². The van der Waals surface area contributed by atoms with E-state index in [1.54, 1.807) is 18.3 Å². The maximum atomic E-state index is 9.67. The third kappa shape index (κ3) is 2.25. The smallest absolute Gasteiger partial charge is 0.183 e. The van der Waals surface area contributed by atoms with Gasteiger partial charge in [0.1, 0.15) is 11.5 Å². The van der Waals surface area contributed by atoms with Crippen molar-refractivity contribution in [3.63, 3.8) is 0 Å². The van der Waals surface area contributed by atoms with E-state index in [1.807, 2.05) is 12.3 Å². The van der Waals surface area contributed by atoms with Crippen LogP contribution in [0.1, 0.15) is 18.5 Å². The van der Waals surface area contributed by atoms with Gasteiger partial charge in [-0.25, -0.2) is 4.98 Å². The van der Waals surface area contributed by atoms with Gasteiger partial charge in [-0.05, 0) is 19.1 Å². The summed E-state index contributed by atoms with van der Waals surface area (Å²) >= 11 is 1.50. The summed E-state index contributed by atoms with van der Waals surface area (Å²) in [5.74, 6) is 0.138. The van der Waals surface area contributed by atoms with Crippen LogP contribution in [0.4, 0.5) is 5.13 Å². The van der Waals surface area contributed by atoms with Crippen LogP contribution >= 0.6 is 11.3 Å². The van der Waals surface area contributed by atoms with E-state index in [4.69, 9.17) is 0 Å². The molecule has 1 atom stereocenters. The quantitative estimate of drug-likeness (QED) is 0.766. The Morgan fingerprint density at radius 1 is 1.38 bits per heavy atom. The summed E-state index contributed by atoms with van der Waals surface area (Å²) in [5, 5.41) is 24.7. The van der Waals surface area contributed by atoms with Crippen LogP contribution in [0.5, 0.6) is 11.5 Å². The third-order valence-corrected chi connectivity index (χ3v) is 2.96. The Morgan fingerprint density at radius 2 is 2.19 bits per heavy atom. The topological polar surface area (TPSA) is 65.4 Å². The molecule has 0 spiro atoms. The number of anilines is 1. The molecule has 2 aromatic rings. The number of nitrogens with one attached hydrogen (secondary N) is 1. The van der Waals surface area contributed by atoms with Gasteiger partial charge in [0.2, 0.25) is 0 Å². The van der Waals surface area contributed by atoms with Gasteiger partial charge in [-0.1, -0.05) is 0 Å². The molecule has 16 heavy (non-hydrogen) atoms. The number of thiazole rings is 1. The molecular formula is C11H12N2O2S. The zero-order valence-corrected chi connectivity index (χ0v) is 9.53. The van der Waals surface area contributed by atoms with Crippen molar-refractivity contribution in [3.8, 4) is 11.5 Å². The summed E-state index contributed by atoms with van der Waals surface area (Å²) in [7, 11) is 0. The number of phenols is 2. The number of aromatic hydroxyl groups is 2. The van der Waals surface area contributed by atoms with Crippen molar-refractivity contribution < 1.29 is 10.2 Å². The maximum absolute atomic E-state index is 9.67. The van der Waals surface area contributed by atoms with E-state index in [0.717, 1.165) is 10.7 Å².